The van der Waals surface area contributed by atoms with Crippen LogP contribution >= 0.6 is 0 Å². The Bertz CT molecular complexity index is 681. The molecule has 0 amide bonds. The Morgan fingerprint density at radius 1 is 1.16 bits per heavy atom. The molecule has 1 fully saturated rings. The van der Waals surface area contributed by atoms with Gasteiger partial charge < -0.3 is 15.1 Å². The third-order valence-corrected chi connectivity index (χ3v) is 4.53. The molecule has 136 valence electrons. The van der Waals surface area contributed by atoms with Gasteiger partial charge in [-0.2, -0.15) is 0 Å². The molecule has 1 atom stereocenters. The van der Waals surface area contributed by atoms with Crippen molar-refractivity contribution in [2.24, 2.45) is 5.92 Å². The highest BCUT2D eigenvalue weighted by Crippen LogP contribution is 2.22. The summed E-state index contributed by atoms with van der Waals surface area (Å²) in [6, 6.07) is 3.31. The summed E-state index contributed by atoms with van der Waals surface area (Å²) in [5.41, 5.74) is 0.818. The van der Waals surface area contributed by atoms with E-state index in [1.807, 2.05) is 0 Å². The van der Waals surface area contributed by atoms with Gasteiger partial charge in [-0.1, -0.05) is 5.21 Å². The van der Waals surface area contributed by atoms with E-state index < -0.39 is 17.7 Å². The molecule has 0 bridgehead atoms. The van der Waals surface area contributed by atoms with Gasteiger partial charge in [0.1, 0.15) is 17.3 Å². The first-order valence-electron chi connectivity index (χ1n) is 8.41. The summed E-state index contributed by atoms with van der Waals surface area (Å²) in [5.74, 6) is -0.842. The Labute approximate surface area is 144 Å². The number of nitrogens with zero attached hydrogens (tertiary/aromatic N) is 4. The predicted molar refractivity (Wildman–Crippen MR) is 87.6 cm³/mol. The zero-order valence-electron chi connectivity index (χ0n) is 13.9. The number of aliphatic hydroxyl groups excluding tert-OH is 2. The highest BCUT2D eigenvalue weighted by molar-refractivity contribution is 5.57. The van der Waals surface area contributed by atoms with Crippen LogP contribution in [0.15, 0.2) is 24.4 Å². The second-order valence-electron chi connectivity index (χ2n) is 6.56. The van der Waals surface area contributed by atoms with Crippen LogP contribution in [0.2, 0.25) is 0 Å². The molecule has 2 N–H and O–H groups in total. The van der Waals surface area contributed by atoms with Crippen molar-refractivity contribution in [3.8, 4) is 11.3 Å². The van der Waals surface area contributed by atoms with Crippen LogP contribution in [0.3, 0.4) is 0 Å². The van der Waals surface area contributed by atoms with E-state index in [0.29, 0.717) is 30.3 Å². The van der Waals surface area contributed by atoms with Crippen molar-refractivity contribution in [2.75, 3.05) is 26.2 Å². The van der Waals surface area contributed by atoms with Crippen molar-refractivity contribution >= 4 is 0 Å². The summed E-state index contributed by atoms with van der Waals surface area (Å²) < 4.78 is 28.3. The van der Waals surface area contributed by atoms with E-state index in [2.05, 4.69) is 15.2 Å². The molecule has 25 heavy (non-hydrogen) atoms. The molecule has 1 aliphatic rings. The fraction of sp³-hybridized carbons (Fsp3) is 0.529. The minimum absolute atomic E-state index is 0.220. The molecule has 3 rings (SSSR count). The molecule has 8 heteroatoms. The van der Waals surface area contributed by atoms with Gasteiger partial charge in [0.15, 0.2) is 0 Å². The maximum Gasteiger partial charge on any atom is 0.126 e. The first-order valence-corrected chi connectivity index (χ1v) is 8.41. The number of benzene rings is 1. The lowest BCUT2D eigenvalue weighted by atomic mass is 9.96. The topological polar surface area (TPSA) is 74.4 Å². The van der Waals surface area contributed by atoms with Gasteiger partial charge in [-0.3, -0.25) is 4.68 Å². The molecule has 0 saturated carbocycles. The van der Waals surface area contributed by atoms with E-state index in [1.54, 1.807) is 10.9 Å². The predicted octanol–water partition coefficient (Wildman–Crippen LogP) is 1.29. The van der Waals surface area contributed by atoms with E-state index in [-0.39, 0.29) is 6.61 Å². The highest BCUT2D eigenvalue weighted by Gasteiger charge is 2.21. The molecule has 0 spiro atoms. The zero-order chi connectivity index (χ0) is 17.8. The average molecular weight is 352 g/mol. The number of rotatable bonds is 6. The number of piperidine rings is 1. The minimum atomic E-state index is -0.693. The summed E-state index contributed by atoms with van der Waals surface area (Å²) in [7, 11) is 0. The van der Waals surface area contributed by atoms with Crippen LogP contribution in [0.25, 0.3) is 11.3 Å². The van der Waals surface area contributed by atoms with E-state index >= 15 is 0 Å². The van der Waals surface area contributed by atoms with Gasteiger partial charge in [-0.15, -0.1) is 5.10 Å². The number of halogens is 2. The maximum absolute atomic E-state index is 13.3. The lowest BCUT2D eigenvalue weighted by molar-refractivity contribution is 0.0459. The quantitative estimate of drug-likeness (QED) is 0.819. The molecule has 2 heterocycles. The molecule has 2 aromatic rings. The van der Waals surface area contributed by atoms with Gasteiger partial charge in [-0.05, 0) is 44.0 Å². The monoisotopic (exact) mass is 352 g/mol. The van der Waals surface area contributed by atoms with Crippen LogP contribution in [0.5, 0.6) is 0 Å². The SMILES string of the molecule is OCC(O)CN1CCC(Cn2cc(-c3cc(F)cc(F)c3)nn2)CC1. The Balaban J connectivity index is 1.56. The summed E-state index contributed by atoms with van der Waals surface area (Å²) in [6.07, 6.45) is 2.93. The van der Waals surface area contributed by atoms with E-state index in [4.69, 9.17) is 5.11 Å². The first-order chi connectivity index (χ1) is 12.0. The molecular weight excluding hydrogens is 330 g/mol. The van der Waals surface area contributed by atoms with Crippen LogP contribution in [-0.4, -0.2) is 62.5 Å². The number of hydrogen-bond acceptors (Lipinski definition) is 5. The smallest absolute Gasteiger partial charge is 0.126 e. The standard InChI is InChI=1S/C17H22F2N4O2/c18-14-5-13(6-15(19)7-14)17-10-23(21-20-17)8-12-1-3-22(4-2-12)9-16(25)11-24/h5-7,10,12,16,24-25H,1-4,8-9,11H2. The summed E-state index contributed by atoms with van der Waals surface area (Å²) >= 11 is 0. The minimum Gasteiger partial charge on any atom is -0.394 e. The van der Waals surface area contributed by atoms with Crippen LogP contribution in [0, 0.1) is 17.6 Å². The number of aromatic nitrogens is 3. The Morgan fingerprint density at radius 2 is 1.84 bits per heavy atom. The molecule has 1 unspecified atom stereocenters. The van der Waals surface area contributed by atoms with Gasteiger partial charge in [0.05, 0.1) is 18.9 Å². The van der Waals surface area contributed by atoms with E-state index in [1.165, 1.54) is 12.1 Å². The molecule has 0 radical (unpaired) electrons. The largest absolute Gasteiger partial charge is 0.394 e. The van der Waals surface area contributed by atoms with Gasteiger partial charge in [0.25, 0.3) is 0 Å². The highest BCUT2D eigenvalue weighted by atomic mass is 19.1. The molecular formula is C17H22F2N4O2. The Hall–Kier alpha value is -1.90. The maximum atomic E-state index is 13.3. The molecule has 6 nitrogen and oxygen atoms in total. The van der Waals surface area contributed by atoms with E-state index in [9.17, 15) is 13.9 Å². The third-order valence-electron chi connectivity index (χ3n) is 4.53. The van der Waals surface area contributed by atoms with Gasteiger partial charge >= 0.3 is 0 Å². The second kappa shape index (κ2) is 7.99. The zero-order valence-corrected chi connectivity index (χ0v) is 13.9. The van der Waals surface area contributed by atoms with Crippen LogP contribution in [0.4, 0.5) is 8.78 Å². The van der Waals surface area contributed by atoms with Crippen molar-refractivity contribution in [1.82, 2.24) is 19.9 Å². The molecule has 1 saturated heterocycles. The number of β-amino-alcohol motifs (C(OH)–C–C–N with tert-alkyl or cyclic N) is 1. The summed E-state index contributed by atoms with van der Waals surface area (Å²) in [5, 5.41) is 26.5. The third kappa shape index (κ3) is 4.81. The Morgan fingerprint density at radius 3 is 2.48 bits per heavy atom. The fourth-order valence-electron chi connectivity index (χ4n) is 3.19. The van der Waals surface area contributed by atoms with E-state index in [0.717, 1.165) is 32.0 Å². The first kappa shape index (κ1) is 17.9. The van der Waals surface area contributed by atoms with Crippen molar-refractivity contribution in [3.05, 3.63) is 36.0 Å². The van der Waals surface area contributed by atoms with Gasteiger partial charge in [-0.25, -0.2) is 8.78 Å². The summed E-state index contributed by atoms with van der Waals surface area (Å²) in [6.45, 7) is 2.68. The second-order valence-corrected chi connectivity index (χ2v) is 6.56. The lowest BCUT2D eigenvalue weighted by Gasteiger charge is -2.32. The van der Waals surface area contributed by atoms with Crippen molar-refractivity contribution in [2.45, 2.75) is 25.5 Å². The lowest BCUT2D eigenvalue weighted by Crippen LogP contribution is -2.40. The Kier molecular flexibility index (Phi) is 5.72. The van der Waals surface area contributed by atoms with Crippen molar-refractivity contribution < 1.29 is 19.0 Å². The number of likely N-dealkylation sites (tertiary alicyclic amines) is 1. The van der Waals surface area contributed by atoms with Crippen molar-refractivity contribution in [1.29, 1.82) is 0 Å². The molecule has 1 aromatic heterocycles. The number of aliphatic hydroxyl groups is 2. The van der Waals surface area contributed by atoms with Crippen LogP contribution < -0.4 is 0 Å². The average Bonchev–Trinajstić information content (AvgIpc) is 3.04. The molecule has 1 aromatic carbocycles. The normalized spacial score (nSPS) is 17.8. The van der Waals surface area contributed by atoms with Crippen molar-refractivity contribution in [3.63, 3.8) is 0 Å². The van der Waals surface area contributed by atoms with Gasteiger partial charge in [0, 0.05) is 24.7 Å². The molecule has 0 aliphatic carbocycles. The molecule has 1 aliphatic heterocycles. The summed E-state index contributed by atoms with van der Waals surface area (Å²) in [4.78, 5) is 2.14. The fourth-order valence-corrected chi connectivity index (χ4v) is 3.19. The van der Waals surface area contributed by atoms with Crippen LogP contribution in [-0.2, 0) is 6.54 Å². The van der Waals surface area contributed by atoms with Gasteiger partial charge in [0.2, 0.25) is 0 Å². The van der Waals surface area contributed by atoms with Crippen LogP contribution in [0.1, 0.15) is 12.8 Å². The number of hydrogen-bond donors (Lipinski definition) is 2.